The van der Waals surface area contributed by atoms with Crippen LogP contribution in [0.15, 0.2) is 82.5 Å². The highest BCUT2D eigenvalue weighted by molar-refractivity contribution is 7.90. The third kappa shape index (κ3) is 7.45. The first-order valence-corrected chi connectivity index (χ1v) is 15.9. The van der Waals surface area contributed by atoms with Gasteiger partial charge in [0.1, 0.15) is 5.82 Å². The number of hydrogen-bond acceptors (Lipinski definition) is 5. The van der Waals surface area contributed by atoms with Crippen LogP contribution in [0.25, 0.3) is 11.1 Å². The fourth-order valence-corrected chi connectivity index (χ4v) is 5.91. The topological polar surface area (TPSA) is 103 Å². The van der Waals surface area contributed by atoms with Crippen LogP contribution in [0.2, 0.25) is 0 Å². The third-order valence-electron chi connectivity index (χ3n) is 7.33. The van der Waals surface area contributed by atoms with Crippen molar-refractivity contribution in [2.75, 3.05) is 0 Å². The van der Waals surface area contributed by atoms with Crippen molar-refractivity contribution in [1.29, 1.82) is 0 Å². The third-order valence-corrected chi connectivity index (χ3v) is 8.71. The Morgan fingerprint density at radius 3 is 2.17 bits per heavy atom. The average molecular weight is 589 g/mol. The number of sulfonamides is 1. The van der Waals surface area contributed by atoms with Crippen LogP contribution in [0.4, 0.5) is 0 Å². The summed E-state index contributed by atoms with van der Waals surface area (Å²) in [6.07, 6.45) is 2.42. The Morgan fingerprint density at radius 2 is 1.55 bits per heavy atom. The van der Waals surface area contributed by atoms with Gasteiger partial charge in [-0.25, -0.2) is 22.6 Å². The maximum atomic E-state index is 13.0. The van der Waals surface area contributed by atoms with Crippen LogP contribution in [-0.2, 0) is 46.2 Å². The normalized spacial score (nSPS) is 11.9. The largest absolute Gasteiger partial charge is 0.346 e. The van der Waals surface area contributed by atoms with Crippen LogP contribution >= 0.6 is 0 Å². The molecule has 0 unspecified atom stereocenters. The predicted octanol–water partition coefficient (Wildman–Crippen LogP) is 5.47. The van der Waals surface area contributed by atoms with Crippen LogP contribution in [-0.4, -0.2) is 28.7 Å². The number of benzene rings is 3. The number of amides is 1. The molecule has 0 spiro atoms. The summed E-state index contributed by atoms with van der Waals surface area (Å²) in [4.78, 5) is 24.7. The number of nitrogens with one attached hydrogen (secondary N) is 1. The van der Waals surface area contributed by atoms with E-state index >= 15 is 0 Å². The minimum absolute atomic E-state index is 0.0502. The summed E-state index contributed by atoms with van der Waals surface area (Å²) in [6.45, 7) is 11.1. The molecular formula is C33H40N4O4S. The maximum Gasteiger partial charge on any atom is 0.346 e. The zero-order chi connectivity index (χ0) is 30.5. The molecular weight excluding hydrogens is 548 g/mol. The Balaban J connectivity index is 1.40. The van der Waals surface area contributed by atoms with E-state index in [1.54, 1.807) is 28.3 Å². The number of carbonyl (C=O) groups is 1. The van der Waals surface area contributed by atoms with Crippen molar-refractivity contribution < 1.29 is 13.2 Å². The van der Waals surface area contributed by atoms with Gasteiger partial charge in [0.15, 0.2) is 0 Å². The van der Waals surface area contributed by atoms with Gasteiger partial charge in [0.2, 0.25) is 5.91 Å². The summed E-state index contributed by atoms with van der Waals surface area (Å²) in [5.74, 6) is 0.247. The Kier molecular flexibility index (Phi) is 9.51. The molecule has 0 aliphatic carbocycles. The molecule has 1 amide bonds. The molecule has 8 nitrogen and oxygen atoms in total. The van der Waals surface area contributed by atoms with E-state index in [0.29, 0.717) is 19.5 Å². The Morgan fingerprint density at radius 1 is 0.881 bits per heavy atom. The van der Waals surface area contributed by atoms with Gasteiger partial charge in [-0.15, -0.1) is 0 Å². The molecule has 3 aromatic carbocycles. The van der Waals surface area contributed by atoms with Gasteiger partial charge in [-0.05, 0) is 65.1 Å². The first kappa shape index (κ1) is 31.0. The molecule has 0 saturated carbocycles. The summed E-state index contributed by atoms with van der Waals surface area (Å²) in [5, 5.41) is 4.68. The number of carbonyl (C=O) groups excluding carboxylic acids is 1. The fourth-order valence-electron chi connectivity index (χ4n) is 4.81. The van der Waals surface area contributed by atoms with Gasteiger partial charge in [0.25, 0.3) is 10.0 Å². The Hall–Kier alpha value is -3.98. The van der Waals surface area contributed by atoms with E-state index in [9.17, 15) is 18.0 Å². The quantitative estimate of drug-likeness (QED) is 0.250. The highest BCUT2D eigenvalue weighted by Crippen LogP contribution is 2.24. The number of hydrogen-bond donors (Lipinski definition) is 1. The van der Waals surface area contributed by atoms with E-state index in [4.69, 9.17) is 0 Å². The fraction of sp³-hybridized carbons (Fsp3) is 0.364. The molecule has 0 aliphatic heterocycles. The van der Waals surface area contributed by atoms with Crippen molar-refractivity contribution in [2.45, 2.75) is 83.7 Å². The van der Waals surface area contributed by atoms with E-state index in [2.05, 4.69) is 54.9 Å². The van der Waals surface area contributed by atoms with E-state index in [1.165, 1.54) is 11.6 Å². The molecule has 0 bridgehead atoms. The highest BCUT2D eigenvalue weighted by atomic mass is 32.2. The number of nitrogens with zero attached hydrogens (tertiary/aromatic N) is 3. The van der Waals surface area contributed by atoms with Gasteiger partial charge in [0.05, 0.1) is 11.4 Å². The molecule has 42 heavy (non-hydrogen) atoms. The van der Waals surface area contributed by atoms with Gasteiger partial charge in [-0.1, -0.05) is 88.4 Å². The second-order valence-electron chi connectivity index (χ2n) is 11.5. The van der Waals surface area contributed by atoms with E-state index in [-0.39, 0.29) is 22.4 Å². The molecule has 1 aromatic heterocycles. The summed E-state index contributed by atoms with van der Waals surface area (Å²) in [7, 11) is -3.91. The van der Waals surface area contributed by atoms with E-state index < -0.39 is 15.9 Å². The molecule has 0 aliphatic rings. The minimum Gasteiger partial charge on any atom is -0.279 e. The standard InChI is InChI=1S/C33H40N4O4S/c1-6-31(38)35-42(40,41)29-12-9-11-27(22-29)26-18-14-24(15-19-26)10-8-13-30-34-37(32(39)36(30)7-2)23-25-16-20-28(21-17-25)33(3,4)5/h9,11-12,14-22H,6-8,10,13,23H2,1-5H3,(H,35,38). The van der Waals surface area contributed by atoms with Gasteiger partial charge in [0, 0.05) is 19.4 Å². The van der Waals surface area contributed by atoms with Crippen LogP contribution in [0.5, 0.6) is 0 Å². The van der Waals surface area contributed by atoms with Crippen molar-refractivity contribution in [3.63, 3.8) is 0 Å². The minimum atomic E-state index is -3.91. The summed E-state index contributed by atoms with van der Waals surface area (Å²) < 4.78 is 30.4. The SMILES string of the molecule is CCC(=O)NS(=O)(=O)c1cccc(-c2ccc(CCCc3nn(Cc4ccc(C(C)(C)C)cc4)c(=O)n3CC)cc2)c1. The van der Waals surface area contributed by atoms with Crippen molar-refractivity contribution in [2.24, 2.45) is 0 Å². The van der Waals surface area contributed by atoms with Crippen molar-refractivity contribution in [3.05, 3.63) is 106 Å². The van der Waals surface area contributed by atoms with E-state index in [1.807, 2.05) is 37.3 Å². The van der Waals surface area contributed by atoms with Crippen molar-refractivity contribution >= 4 is 15.9 Å². The lowest BCUT2D eigenvalue weighted by atomic mass is 9.87. The average Bonchev–Trinajstić information content (AvgIpc) is 3.26. The molecule has 4 rings (SSSR count). The highest BCUT2D eigenvalue weighted by Gasteiger charge is 2.18. The van der Waals surface area contributed by atoms with Crippen LogP contribution in [0, 0.1) is 0 Å². The van der Waals surface area contributed by atoms with Crippen LogP contribution in [0.1, 0.15) is 70.0 Å². The van der Waals surface area contributed by atoms with Crippen LogP contribution in [0.3, 0.4) is 0 Å². The van der Waals surface area contributed by atoms with Gasteiger partial charge in [-0.2, -0.15) is 5.10 Å². The molecule has 0 saturated heterocycles. The van der Waals surface area contributed by atoms with Gasteiger partial charge >= 0.3 is 5.69 Å². The van der Waals surface area contributed by atoms with Crippen molar-refractivity contribution in [3.8, 4) is 11.1 Å². The first-order valence-electron chi connectivity index (χ1n) is 14.4. The lowest BCUT2D eigenvalue weighted by molar-refractivity contribution is -0.119. The van der Waals surface area contributed by atoms with Gasteiger partial charge in [-0.3, -0.25) is 9.36 Å². The summed E-state index contributed by atoms with van der Waals surface area (Å²) in [6, 6.07) is 22.9. The molecule has 0 radical (unpaired) electrons. The Labute approximate surface area is 248 Å². The molecule has 1 heterocycles. The van der Waals surface area contributed by atoms with Crippen molar-refractivity contribution in [1.82, 2.24) is 19.1 Å². The molecule has 9 heteroatoms. The van der Waals surface area contributed by atoms with Gasteiger partial charge < -0.3 is 0 Å². The summed E-state index contributed by atoms with van der Waals surface area (Å²) >= 11 is 0. The molecule has 222 valence electrons. The molecule has 1 N–H and O–H groups in total. The van der Waals surface area contributed by atoms with E-state index in [0.717, 1.165) is 40.9 Å². The molecule has 4 aromatic rings. The smallest absolute Gasteiger partial charge is 0.279 e. The summed E-state index contributed by atoms with van der Waals surface area (Å²) in [5.41, 5.74) is 5.06. The zero-order valence-corrected chi connectivity index (χ0v) is 25.9. The first-order chi connectivity index (χ1) is 19.9. The Bertz CT molecular complexity index is 1690. The lowest BCUT2D eigenvalue weighted by Gasteiger charge is -2.19. The number of rotatable bonds is 11. The number of aromatic nitrogens is 3. The molecule has 0 atom stereocenters. The maximum absolute atomic E-state index is 13.0. The number of aryl methyl sites for hydroxylation is 2. The molecule has 0 fully saturated rings. The zero-order valence-electron chi connectivity index (χ0n) is 25.1. The predicted molar refractivity (Wildman–Crippen MR) is 166 cm³/mol. The second kappa shape index (κ2) is 12.9. The lowest BCUT2D eigenvalue weighted by Crippen LogP contribution is -2.29. The monoisotopic (exact) mass is 588 g/mol. The van der Waals surface area contributed by atoms with Crippen LogP contribution < -0.4 is 10.4 Å². The second-order valence-corrected chi connectivity index (χ2v) is 13.2.